The summed E-state index contributed by atoms with van der Waals surface area (Å²) in [7, 11) is 0. The molecular weight excluding hydrogens is 184 g/mol. The second-order valence-electron chi connectivity index (χ2n) is 3.97. The van der Waals surface area contributed by atoms with Gasteiger partial charge >= 0.3 is 0 Å². The van der Waals surface area contributed by atoms with Gasteiger partial charge in [-0.1, -0.05) is 56.2 Å². The topological polar surface area (TPSA) is 9.23 Å². The van der Waals surface area contributed by atoms with Crippen LogP contribution in [-0.4, -0.2) is 12.7 Å². The van der Waals surface area contributed by atoms with Crippen LogP contribution in [0.15, 0.2) is 37.0 Å². The second kappa shape index (κ2) is 8.49. The van der Waals surface area contributed by atoms with Crippen molar-refractivity contribution in [1.82, 2.24) is 0 Å². The Kier molecular flexibility index (Phi) is 6.93. The van der Waals surface area contributed by atoms with Gasteiger partial charge in [-0.3, -0.25) is 0 Å². The number of allylic oxidation sites excluding steroid dienone is 4. The quantitative estimate of drug-likeness (QED) is 0.471. The first-order valence-corrected chi connectivity index (χ1v) is 5.99. The molecule has 0 aromatic rings. The van der Waals surface area contributed by atoms with E-state index in [1.807, 2.05) is 18.2 Å². The first-order chi connectivity index (χ1) is 7.43. The molecule has 1 heteroatoms. The van der Waals surface area contributed by atoms with Crippen LogP contribution < -0.4 is 0 Å². The van der Waals surface area contributed by atoms with Crippen LogP contribution in [0.3, 0.4) is 0 Å². The third-order valence-corrected chi connectivity index (χ3v) is 2.68. The molecule has 1 fully saturated rings. The Morgan fingerprint density at radius 1 is 1.07 bits per heavy atom. The van der Waals surface area contributed by atoms with Gasteiger partial charge in [0.25, 0.3) is 0 Å². The van der Waals surface area contributed by atoms with E-state index >= 15 is 0 Å². The molecule has 0 saturated heterocycles. The lowest BCUT2D eigenvalue weighted by molar-refractivity contribution is 0.0312. The summed E-state index contributed by atoms with van der Waals surface area (Å²) in [4.78, 5) is 0. The van der Waals surface area contributed by atoms with Gasteiger partial charge in [-0.25, -0.2) is 0 Å². The van der Waals surface area contributed by atoms with Crippen molar-refractivity contribution in [3.8, 4) is 0 Å². The lowest BCUT2D eigenvalue weighted by atomic mass is 9.98. The minimum Gasteiger partial charge on any atom is -0.378 e. The highest BCUT2D eigenvalue weighted by Crippen LogP contribution is 2.20. The maximum Gasteiger partial charge on any atom is 0.0575 e. The van der Waals surface area contributed by atoms with E-state index < -0.39 is 0 Å². The largest absolute Gasteiger partial charge is 0.378 e. The molecule has 0 radical (unpaired) electrons. The Morgan fingerprint density at radius 2 is 1.87 bits per heavy atom. The van der Waals surface area contributed by atoms with E-state index in [1.165, 1.54) is 32.1 Å². The first kappa shape index (κ1) is 12.3. The zero-order chi connectivity index (χ0) is 10.8. The van der Waals surface area contributed by atoms with E-state index in [4.69, 9.17) is 4.74 Å². The Bertz CT molecular complexity index is 209. The van der Waals surface area contributed by atoms with Gasteiger partial charge in [-0.05, 0) is 19.3 Å². The van der Waals surface area contributed by atoms with Gasteiger partial charge < -0.3 is 4.74 Å². The van der Waals surface area contributed by atoms with Gasteiger partial charge in [0.2, 0.25) is 0 Å². The van der Waals surface area contributed by atoms with E-state index in [2.05, 4.69) is 12.7 Å². The zero-order valence-electron chi connectivity index (χ0n) is 9.53. The van der Waals surface area contributed by atoms with Crippen LogP contribution >= 0.6 is 0 Å². The van der Waals surface area contributed by atoms with Crippen molar-refractivity contribution in [2.75, 3.05) is 6.61 Å². The van der Waals surface area contributed by atoms with Crippen molar-refractivity contribution in [2.45, 2.75) is 44.6 Å². The fourth-order valence-corrected chi connectivity index (χ4v) is 1.85. The SMILES string of the molecule is C=C/C=C\C=C/CCOC1CCCCC1. The summed E-state index contributed by atoms with van der Waals surface area (Å²) in [6.07, 6.45) is 18.1. The smallest absolute Gasteiger partial charge is 0.0575 e. The molecule has 0 aliphatic heterocycles. The Labute approximate surface area is 93.5 Å². The summed E-state index contributed by atoms with van der Waals surface area (Å²) in [5.41, 5.74) is 0. The monoisotopic (exact) mass is 206 g/mol. The van der Waals surface area contributed by atoms with E-state index in [-0.39, 0.29) is 0 Å². The van der Waals surface area contributed by atoms with Gasteiger partial charge in [0, 0.05) is 0 Å². The van der Waals surface area contributed by atoms with Gasteiger partial charge in [0.15, 0.2) is 0 Å². The molecule has 0 heterocycles. The highest BCUT2D eigenvalue weighted by Gasteiger charge is 2.12. The number of hydrogen-bond donors (Lipinski definition) is 0. The molecule has 0 unspecified atom stereocenters. The molecule has 0 aromatic carbocycles. The van der Waals surface area contributed by atoms with Crippen LogP contribution in [0.25, 0.3) is 0 Å². The normalized spacial score (nSPS) is 18.9. The molecule has 84 valence electrons. The average Bonchev–Trinajstić information content (AvgIpc) is 2.29. The number of hydrogen-bond acceptors (Lipinski definition) is 1. The molecule has 0 spiro atoms. The average molecular weight is 206 g/mol. The molecule has 0 amide bonds. The Balaban J connectivity index is 1.98. The highest BCUT2D eigenvalue weighted by atomic mass is 16.5. The van der Waals surface area contributed by atoms with Gasteiger partial charge in [0.1, 0.15) is 0 Å². The van der Waals surface area contributed by atoms with Crippen LogP contribution in [0.1, 0.15) is 38.5 Å². The molecular formula is C14H22O. The van der Waals surface area contributed by atoms with E-state index in [9.17, 15) is 0 Å². The minimum absolute atomic E-state index is 0.538. The Morgan fingerprint density at radius 3 is 2.60 bits per heavy atom. The first-order valence-electron chi connectivity index (χ1n) is 5.99. The molecule has 0 N–H and O–H groups in total. The molecule has 15 heavy (non-hydrogen) atoms. The number of rotatable bonds is 6. The van der Waals surface area contributed by atoms with Crippen LogP contribution in [0, 0.1) is 0 Å². The van der Waals surface area contributed by atoms with Crippen molar-refractivity contribution in [3.05, 3.63) is 37.0 Å². The summed E-state index contributed by atoms with van der Waals surface area (Å²) in [5, 5.41) is 0. The summed E-state index contributed by atoms with van der Waals surface area (Å²) in [6.45, 7) is 4.47. The predicted molar refractivity (Wildman–Crippen MR) is 65.9 cm³/mol. The van der Waals surface area contributed by atoms with Crippen molar-refractivity contribution in [3.63, 3.8) is 0 Å². The van der Waals surface area contributed by atoms with Gasteiger partial charge in [-0.2, -0.15) is 0 Å². The fourth-order valence-electron chi connectivity index (χ4n) is 1.85. The van der Waals surface area contributed by atoms with E-state index in [1.54, 1.807) is 6.08 Å². The van der Waals surface area contributed by atoms with Crippen LogP contribution in [0.4, 0.5) is 0 Å². The van der Waals surface area contributed by atoms with Gasteiger partial charge in [0.05, 0.1) is 12.7 Å². The standard InChI is InChI=1S/C14H22O/c1-2-3-4-5-6-10-13-15-14-11-8-7-9-12-14/h2-6,14H,1,7-13H2/b4-3-,6-5-. The molecule has 1 aliphatic carbocycles. The molecule has 0 aromatic heterocycles. The summed E-state index contributed by atoms with van der Waals surface area (Å²) in [5.74, 6) is 0. The molecule has 1 rings (SSSR count). The minimum atomic E-state index is 0.538. The maximum atomic E-state index is 5.79. The second-order valence-corrected chi connectivity index (χ2v) is 3.97. The van der Waals surface area contributed by atoms with Crippen molar-refractivity contribution in [2.24, 2.45) is 0 Å². The zero-order valence-corrected chi connectivity index (χ0v) is 9.53. The van der Waals surface area contributed by atoms with Crippen molar-refractivity contribution < 1.29 is 4.74 Å². The third kappa shape index (κ3) is 6.29. The van der Waals surface area contributed by atoms with E-state index in [0.717, 1.165) is 13.0 Å². The van der Waals surface area contributed by atoms with Crippen LogP contribution in [0.5, 0.6) is 0 Å². The highest BCUT2D eigenvalue weighted by molar-refractivity contribution is 5.08. The summed E-state index contributed by atoms with van der Waals surface area (Å²) >= 11 is 0. The molecule has 1 nitrogen and oxygen atoms in total. The van der Waals surface area contributed by atoms with E-state index in [0.29, 0.717) is 6.10 Å². The molecule has 1 aliphatic rings. The van der Waals surface area contributed by atoms with Crippen LogP contribution in [-0.2, 0) is 4.74 Å². The van der Waals surface area contributed by atoms with Gasteiger partial charge in [-0.15, -0.1) is 0 Å². The lowest BCUT2D eigenvalue weighted by Gasteiger charge is -2.21. The number of ether oxygens (including phenoxy) is 1. The summed E-state index contributed by atoms with van der Waals surface area (Å²) in [6, 6.07) is 0. The molecule has 0 bridgehead atoms. The predicted octanol–water partition coefficient (Wildman–Crippen LogP) is 4.02. The molecule has 1 saturated carbocycles. The fraction of sp³-hybridized carbons (Fsp3) is 0.571. The van der Waals surface area contributed by atoms with Crippen LogP contribution in [0.2, 0.25) is 0 Å². The van der Waals surface area contributed by atoms with Crippen molar-refractivity contribution in [1.29, 1.82) is 0 Å². The lowest BCUT2D eigenvalue weighted by Crippen LogP contribution is -2.16. The third-order valence-electron chi connectivity index (χ3n) is 2.68. The molecule has 0 atom stereocenters. The maximum absolute atomic E-state index is 5.79. The Hall–Kier alpha value is -0.820. The van der Waals surface area contributed by atoms with Crippen molar-refractivity contribution >= 4 is 0 Å². The summed E-state index contributed by atoms with van der Waals surface area (Å²) < 4.78 is 5.79.